The number of aromatic nitrogens is 1. The van der Waals surface area contributed by atoms with E-state index in [0.717, 1.165) is 30.8 Å². The zero-order valence-corrected chi connectivity index (χ0v) is 13.8. The largest absolute Gasteiger partial charge is 0.327 e. The SMILES string of the molecule is NC1C2CCCC1CC(C(=O)Nc1nc3c(s1)CCCC3)C2. The van der Waals surface area contributed by atoms with Crippen LogP contribution in [-0.4, -0.2) is 16.9 Å². The molecule has 0 spiro atoms. The van der Waals surface area contributed by atoms with Crippen LogP contribution >= 0.6 is 11.3 Å². The lowest BCUT2D eigenvalue weighted by molar-refractivity contribution is -0.122. The van der Waals surface area contributed by atoms with Gasteiger partial charge in [-0.05, 0) is 63.2 Å². The first-order chi connectivity index (χ1) is 10.7. The normalized spacial score (nSPS) is 34.0. The molecular weight excluding hydrogens is 294 g/mol. The number of hydrogen-bond acceptors (Lipinski definition) is 4. The van der Waals surface area contributed by atoms with Crippen LogP contribution in [0.4, 0.5) is 5.13 Å². The highest BCUT2D eigenvalue weighted by molar-refractivity contribution is 7.15. The van der Waals surface area contributed by atoms with Crippen LogP contribution in [0.3, 0.4) is 0 Å². The molecule has 1 heterocycles. The fourth-order valence-electron chi connectivity index (χ4n) is 4.62. The summed E-state index contributed by atoms with van der Waals surface area (Å²) in [5, 5.41) is 3.92. The first-order valence-electron chi connectivity index (χ1n) is 8.75. The van der Waals surface area contributed by atoms with E-state index in [4.69, 9.17) is 5.73 Å². The summed E-state index contributed by atoms with van der Waals surface area (Å²) < 4.78 is 0. The smallest absolute Gasteiger partial charge is 0.229 e. The molecule has 4 rings (SSSR count). The van der Waals surface area contributed by atoms with E-state index >= 15 is 0 Å². The van der Waals surface area contributed by atoms with Crippen molar-refractivity contribution in [3.63, 3.8) is 0 Å². The Balaban J connectivity index is 1.43. The molecule has 22 heavy (non-hydrogen) atoms. The van der Waals surface area contributed by atoms with Gasteiger partial charge in [-0.1, -0.05) is 6.42 Å². The second kappa shape index (κ2) is 5.93. The molecule has 5 heteroatoms. The van der Waals surface area contributed by atoms with Gasteiger partial charge < -0.3 is 11.1 Å². The van der Waals surface area contributed by atoms with Crippen LogP contribution in [0.25, 0.3) is 0 Å². The molecule has 0 aliphatic heterocycles. The number of rotatable bonds is 2. The molecule has 1 amide bonds. The highest BCUT2D eigenvalue weighted by Crippen LogP contribution is 2.42. The Morgan fingerprint density at radius 3 is 2.59 bits per heavy atom. The van der Waals surface area contributed by atoms with Gasteiger partial charge >= 0.3 is 0 Å². The Kier molecular flexibility index (Phi) is 3.95. The number of carbonyl (C=O) groups excluding carboxylic acids is 1. The van der Waals surface area contributed by atoms with Crippen molar-refractivity contribution in [2.45, 2.75) is 63.8 Å². The van der Waals surface area contributed by atoms with Crippen molar-refractivity contribution in [1.82, 2.24) is 4.98 Å². The van der Waals surface area contributed by atoms with Gasteiger partial charge in [0.05, 0.1) is 5.69 Å². The molecule has 0 radical (unpaired) electrons. The van der Waals surface area contributed by atoms with Crippen molar-refractivity contribution in [3.8, 4) is 0 Å². The summed E-state index contributed by atoms with van der Waals surface area (Å²) in [5.41, 5.74) is 7.54. The van der Waals surface area contributed by atoms with Crippen LogP contribution in [0.15, 0.2) is 0 Å². The molecule has 3 aliphatic carbocycles. The van der Waals surface area contributed by atoms with Gasteiger partial charge in [0.1, 0.15) is 0 Å². The molecule has 120 valence electrons. The van der Waals surface area contributed by atoms with E-state index in [1.165, 1.54) is 42.7 Å². The minimum atomic E-state index is 0.135. The average molecular weight is 319 g/mol. The first-order valence-corrected chi connectivity index (χ1v) is 9.57. The molecule has 2 atom stereocenters. The predicted molar refractivity (Wildman–Crippen MR) is 88.9 cm³/mol. The van der Waals surface area contributed by atoms with Gasteiger partial charge in [-0.15, -0.1) is 11.3 Å². The zero-order chi connectivity index (χ0) is 15.1. The van der Waals surface area contributed by atoms with E-state index in [-0.39, 0.29) is 11.8 Å². The molecule has 2 unspecified atom stereocenters. The lowest BCUT2D eigenvalue weighted by atomic mass is 9.65. The quantitative estimate of drug-likeness (QED) is 0.880. The Bertz CT molecular complexity index is 533. The fraction of sp³-hybridized carbons (Fsp3) is 0.765. The van der Waals surface area contributed by atoms with Gasteiger partial charge in [-0.25, -0.2) is 4.98 Å². The van der Waals surface area contributed by atoms with Crippen LogP contribution in [0.5, 0.6) is 0 Å². The molecule has 2 fully saturated rings. The van der Waals surface area contributed by atoms with Crippen LogP contribution in [-0.2, 0) is 17.6 Å². The summed E-state index contributed by atoms with van der Waals surface area (Å²) in [4.78, 5) is 18.6. The topological polar surface area (TPSA) is 68.0 Å². The lowest BCUT2D eigenvalue weighted by Crippen LogP contribution is -2.48. The van der Waals surface area contributed by atoms with Crippen molar-refractivity contribution in [2.75, 3.05) is 5.32 Å². The molecule has 0 saturated heterocycles. The maximum Gasteiger partial charge on any atom is 0.229 e. The van der Waals surface area contributed by atoms with Crippen LogP contribution in [0.1, 0.15) is 55.5 Å². The second-order valence-electron chi connectivity index (χ2n) is 7.28. The molecule has 2 saturated carbocycles. The van der Waals surface area contributed by atoms with Crippen molar-refractivity contribution >= 4 is 22.4 Å². The van der Waals surface area contributed by atoms with Crippen molar-refractivity contribution in [2.24, 2.45) is 23.5 Å². The first kappa shape index (κ1) is 14.6. The Morgan fingerprint density at radius 2 is 1.86 bits per heavy atom. The predicted octanol–water partition coefficient (Wildman–Crippen LogP) is 3.11. The minimum absolute atomic E-state index is 0.135. The lowest BCUT2D eigenvalue weighted by Gasteiger charge is -2.43. The van der Waals surface area contributed by atoms with E-state index < -0.39 is 0 Å². The molecular formula is C17H25N3OS. The highest BCUT2D eigenvalue weighted by atomic mass is 32.1. The van der Waals surface area contributed by atoms with Crippen molar-refractivity contribution in [3.05, 3.63) is 10.6 Å². The number of aryl methyl sites for hydroxylation is 2. The monoisotopic (exact) mass is 319 g/mol. The summed E-state index contributed by atoms with van der Waals surface area (Å²) in [6.07, 6.45) is 10.3. The van der Waals surface area contributed by atoms with Gasteiger partial charge in [0.2, 0.25) is 5.91 Å². The van der Waals surface area contributed by atoms with Crippen LogP contribution in [0, 0.1) is 17.8 Å². The highest BCUT2D eigenvalue weighted by Gasteiger charge is 2.40. The third-order valence-corrected chi connectivity index (χ3v) is 6.93. The third-order valence-electron chi connectivity index (χ3n) is 5.86. The van der Waals surface area contributed by atoms with E-state index in [2.05, 4.69) is 10.3 Å². The number of nitrogens with one attached hydrogen (secondary N) is 1. The minimum Gasteiger partial charge on any atom is -0.327 e. The Labute approximate surface area is 135 Å². The van der Waals surface area contributed by atoms with Crippen molar-refractivity contribution in [1.29, 1.82) is 0 Å². The summed E-state index contributed by atoms with van der Waals surface area (Å²) >= 11 is 1.68. The number of fused-ring (bicyclic) bond motifs is 3. The summed E-state index contributed by atoms with van der Waals surface area (Å²) in [7, 11) is 0. The van der Waals surface area contributed by atoms with E-state index in [1.54, 1.807) is 11.3 Å². The second-order valence-corrected chi connectivity index (χ2v) is 8.37. The summed E-state index contributed by atoms with van der Waals surface area (Å²) in [6.45, 7) is 0. The van der Waals surface area contributed by atoms with Gasteiger partial charge in [0.15, 0.2) is 5.13 Å². The number of carbonyl (C=O) groups is 1. The van der Waals surface area contributed by atoms with E-state index in [9.17, 15) is 4.79 Å². The Hall–Kier alpha value is -0.940. The zero-order valence-electron chi connectivity index (χ0n) is 13.0. The molecule has 1 aromatic rings. The molecule has 4 nitrogen and oxygen atoms in total. The number of hydrogen-bond donors (Lipinski definition) is 2. The molecule has 2 bridgehead atoms. The standard InChI is InChI=1S/C17H25N3OS/c18-15-10-4-3-5-11(15)9-12(8-10)16(21)20-17-19-13-6-1-2-7-14(13)22-17/h10-12,15H,1-9,18H2,(H,19,20,21). The third kappa shape index (κ3) is 2.69. The molecule has 3 aliphatic rings. The molecule has 0 aromatic carbocycles. The van der Waals surface area contributed by atoms with Gasteiger partial charge in [-0.3, -0.25) is 4.79 Å². The Morgan fingerprint density at radius 1 is 1.14 bits per heavy atom. The fourth-order valence-corrected chi connectivity index (χ4v) is 5.67. The molecule has 3 N–H and O–H groups in total. The molecule has 1 aromatic heterocycles. The maximum atomic E-state index is 12.6. The maximum absolute atomic E-state index is 12.6. The number of anilines is 1. The summed E-state index contributed by atoms with van der Waals surface area (Å²) in [5.74, 6) is 1.41. The van der Waals surface area contributed by atoms with Crippen molar-refractivity contribution < 1.29 is 4.79 Å². The van der Waals surface area contributed by atoms with Gasteiger partial charge in [0.25, 0.3) is 0 Å². The summed E-state index contributed by atoms with van der Waals surface area (Å²) in [6, 6.07) is 0.324. The number of thiazole rings is 1. The van der Waals surface area contributed by atoms with E-state index in [0.29, 0.717) is 17.9 Å². The number of nitrogens with two attached hydrogens (primary N) is 1. The van der Waals surface area contributed by atoms with Crippen LogP contribution < -0.4 is 11.1 Å². The van der Waals surface area contributed by atoms with Gasteiger partial charge in [0, 0.05) is 16.8 Å². The number of amides is 1. The van der Waals surface area contributed by atoms with Gasteiger partial charge in [-0.2, -0.15) is 0 Å². The average Bonchev–Trinajstić information content (AvgIpc) is 2.88. The van der Waals surface area contributed by atoms with Crippen LogP contribution in [0.2, 0.25) is 0 Å². The number of nitrogens with zero attached hydrogens (tertiary/aromatic N) is 1. The van der Waals surface area contributed by atoms with E-state index in [1.807, 2.05) is 0 Å².